The first-order chi connectivity index (χ1) is 8.06. The molecule has 2 aromatic rings. The predicted molar refractivity (Wildman–Crippen MR) is 75.8 cm³/mol. The lowest BCUT2D eigenvalue weighted by Gasteiger charge is -2.13. The zero-order valence-corrected chi connectivity index (χ0v) is 12.5. The van der Waals surface area contributed by atoms with E-state index in [-0.39, 0.29) is 6.04 Å². The summed E-state index contributed by atoms with van der Waals surface area (Å²) in [6.45, 7) is 4.08. The number of aromatic nitrogens is 2. The van der Waals surface area contributed by atoms with Gasteiger partial charge in [0.1, 0.15) is 10.8 Å². The number of thiazole rings is 1. The van der Waals surface area contributed by atoms with Crippen molar-refractivity contribution in [2.75, 3.05) is 5.32 Å². The first kappa shape index (κ1) is 12.8. The third kappa shape index (κ3) is 3.18. The highest BCUT2D eigenvalue weighted by molar-refractivity contribution is 9.10. The van der Waals surface area contributed by atoms with Gasteiger partial charge in [-0.1, -0.05) is 11.6 Å². The van der Waals surface area contributed by atoms with Crippen LogP contribution < -0.4 is 5.32 Å². The maximum absolute atomic E-state index is 6.09. The highest BCUT2D eigenvalue weighted by atomic mass is 79.9. The van der Waals surface area contributed by atoms with E-state index in [0.29, 0.717) is 10.8 Å². The number of anilines is 1. The SMILES string of the molecule is Cc1cnc(C(C)Nc2ncc(Br)cc2Cl)s1. The molecule has 2 heterocycles. The largest absolute Gasteiger partial charge is 0.360 e. The van der Waals surface area contributed by atoms with Crippen LogP contribution in [0.1, 0.15) is 22.9 Å². The Balaban J connectivity index is 2.15. The van der Waals surface area contributed by atoms with Crippen LogP contribution in [0.25, 0.3) is 0 Å². The molecule has 3 nitrogen and oxygen atoms in total. The quantitative estimate of drug-likeness (QED) is 0.903. The molecule has 1 unspecified atom stereocenters. The van der Waals surface area contributed by atoms with E-state index in [1.54, 1.807) is 17.5 Å². The van der Waals surface area contributed by atoms with Gasteiger partial charge in [0.2, 0.25) is 0 Å². The molecule has 2 rings (SSSR count). The van der Waals surface area contributed by atoms with Crippen molar-refractivity contribution in [3.63, 3.8) is 0 Å². The van der Waals surface area contributed by atoms with Crippen molar-refractivity contribution in [2.24, 2.45) is 0 Å². The molecule has 0 spiro atoms. The van der Waals surface area contributed by atoms with Gasteiger partial charge in [-0.2, -0.15) is 0 Å². The first-order valence-electron chi connectivity index (χ1n) is 5.06. The third-order valence-corrected chi connectivity index (χ3v) is 3.99. The lowest BCUT2D eigenvalue weighted by molar-refractivity contribution is 0.860. The highest BCUT2D eigenvalue weighted by Gasteiger charge is 2.11. The predicted octanol–water partition coefficient (Wildman–Crippen LogP) is 4.44. The number of rotatable bonds is 3. The Morgan fingerprint density at radius 3 is 2.76 bits per heavy atom. The van der Waals surface area contributed by atoms with Gasteiger partial charge in [0, 0.05) is 21.7 Å². The van der Waals surface area contributed by atoms with Crippen molar-refractivity contribution in [2.45, 2.75) is 19.9 Å². The summed E-state index contributed by atoms with van der Waals surface area (Å²) in [5.74, 6) is 0.676. The van der Waals surface area contributed by atoms with E-state index in [9.17, 15) is 0 Å². The van der Waals surface area contributed by atoms with E-state index in [4.69, 9.17) is 11.6 Å². The molecule has 0 aromatic carbocycles. The molecule has 90 valence electrons. The van der Waals surface area contributed by atoms with E-state index in [0.717, 1.165) is 9.48 Å². The van der Waals surface area contributed by atoms with Crippen molar-refractivity contribution >= 4 is 44.7 Å². The second kappa shape index (κ2) is 5.33. The summed E-state index contributed by atoms with van der Waals surface area (Å²) in [5.41, 5.74) is 0. The van der Waals surface area contributed by atoms with Crippen LogP contribution >= 0.6 is 38.9 Å². The number of aryl methyl sites for hydroxylation is 1. The average molecular weight is 333 g/mol. The van der Waals surface area contributed by atoms with Crippen LogP contribution in [0, 0.1) is 6.92 Å². The summed E-state index contributed by atoms with van der Waals surface area (Å²) in [6, 6.07) is 1.91. The molecule has 0 radical (unpaired) electrons. The number of hydrogen-bond acceptors (Lipinski definition) is 4. The molecule has 0 aliphatic carbocycles. The van der Waals surface area contributed by atoms with Gasteiger partial charge in [-0.25, -0.2) is 9.97 Å². The van der Waals surface area contributed by atoms with Gasteiger partial charge >= 0.3 is 0 Å². The first-order valence-corrected chi connectivity index (χ1v) is 7.05. The molecule has 2 aromatic heterocycles. The fraction of sp³-hybridized carbons (Fsp3) is 0.273. The van der Waals surface area contributed by atoms with Gasteiger partial charge < -0.3 is 5.32 Å². The Bertz CT molecular complexity index is 529. The van der Waals surface area contributed by atoms with E-state index in [1.807, 2.05) is 26.1 Å². The van der Waals surface area contributed by atoms with Crippen molar-refractivity contribution < 1.29 is 0 Å². The second-order valence-corrected chi connectivity index (χ2v) is 6.25. The molecule has 0 aliphatic heterocycles. The van der Waals surface area contributed by atoms with Crippen molar-refractivity contribution in [1.82, 2.24) is 9.97 Å². The van der Waals surface area contributed by atoms with Crippen LogP contribution in [0.2, 0.25) is 5.02 Å². The Labute approximate surface area is 117 Å². The number of pyridine rings is 1. The maximum atomic E-state index is 6.09. The monoisotopic (exact) mass is 331 g/mol. The molecular weight excluding hydrogens is 322 g/mol. The molecular formula is C11H11BrClN3S. The summed E-state index contributed by atoms with van der Waals surface area (Å²) in [4.78, 5) is 9.77. The van der Waals surface area contributed by atoms with Crippen LogP contribution in [-0.2, 0) is 0 Å². The molecule has 0 amide bonds. The Morgan fingerprint density at radius 1 is 1.41 bits per heavy atom. The Hall–Kier alpha value is -0.650. The van der Waals surface area contributed by atoms with Crippen LogP contribution in [0.4, 0.5) is 5.82 Å². The van der Waals surface area contributed by atoms with E-state index in [2.05, 4.69) is 31.2 Å². The summed E-state index contributed by atoms with van der Waals surface area (Å²) >= 11 is 11.1. The van der Waals surface area contributed by atoms with Gasteiger partial charge in [0.15, 0.2) is 0 Å². The minimum atomic E-state index is 0.0971. The average Bonchev–Trinajstić information content (AvgIpc) is 2.69. The minimum absolute atomic E-state index is 0.0971. The molecule has 0 saturated carbocycles. The topological polar surface area (TPSA) is 37.8 Å². The molecule has 0 fully saturated rings. The molecule has 0 saturated heterocycles. The number of halogens is 2. The van der Waals surface area contributed by atoms with Crippen LogP contribution in [0.15, 0.2) is 22.9 Å². The second-order valence-electron chi connectivity index (χ2n) is 3.66. The molecule has 0 aliphatic rings. The van der Waals surface area contributed by atoms with Crippen molar-refractivity contribution in [3.05, 3.63) is 37.8 Å². The van der Waals surface area contributed by atoms with Crippen molar-refractivity contribution in [3.8, 4) is 0 Å². The zero-order chi connectivity index (χ0) is 12.4. The van der Waals surface area contributed by atoms with E-state index >= 15 is 0 Å². The van der Waals surface area contributed by atoms with Gasteiger partial charge in [0.25, 0.3) is 0 Å². The van der Waals surface area contributed by atoms with Gasteiger partial charge in [0.05, 0.1) is 11.1 Å². The molecule has 6 heteroatoms. The Kier molecular flexibility index (Phi) is 4.01. The zero-order valence-electron chi connectivity index (χ0n) is 9.37. The fourth-order valence-corrected chi connectivity index (χ4v) is 2.82. The number of nitrogens with one attached hydrogen (secondary N) is 1. The smallest absolute Gasteiger partial charge is 0.145 e. The van der Waals surface area contributed by atoms with Gasteiger partial charge in [-0.15, -0.1) is 11.3 Å². The van der Waals surface area contributed by atoms with Crippen LogP contribution in [0.5, 0.6) is 0 Å². The lowest BCUT2D eigenvalue weighted by atomic mass is 10.3. The van der Waals surface area contributed by atoms with E-state index in [1.165, 1.54) is 4.88 Å². The van der Waals surface area contributed by atoms with Crippen LogP contribution in [-0.4, -0.2) is 9.97 Å². The van der Waals surface area contributed by atoms with E-state index < -0.39 is 0 Å². The fourth-order valence-electron chi connectivity index (χ4n) is 1.36. The van der Waals surface area contributed by atoms with Gasteiger partial charge in [-0.05, 0) is 35.8 Å². The minimum Gasteiger partial charge on any atom is -0.360 e. The standard InChI is InChI=1S/C11H11BrClN3S/c1-6-4-15-11(17-6)7(2)16-10-9(13)3-8(12)5-14-10/h3-5,7H,1-2H3,(H,14,16). The molecule has 0 bridgehead atoms. The summed E-state index contributed by atoms with van der Waals surface area (Å²) in [5, 5.41) is 4.88. The molecule has 1 N–H and O–H groups in total. The summed E-state index contributed by atoms with van der Waals surface area (Å²) in [7, 11) is 0. The maximum Gasteiger partial charge on any atom is 0.145 e. The number of nitrogens with zero attached hydrogens (tertiary/aromatic N) is 2. The highest BCUT2D eigenvalue weighted by Crippen LogP contribution is 2.27. The molecule has 1 atom stereocenters. The molecule has 17 heavy (non-hydrogen) atoms. The summed E-state index contributed by atoms with van der Waals surface area (Å²) < 4.78 is 0.866. The third-order valence-electron chi connectivity index (χ3n) is 2.17. The summed E-state index contributed by atoms with van der Waals surface area (Å²) in [6.07, 6.45) is 3.59. The normalized spacial score (nSPS) is 12.5. The lowest BCUT2D eigenvalue weighted by Crippen LogP contribution is -2.07. The number of hydrogen-bond donors (Lipinski definition) is 1. The van der Waals surface area contributed by atoms with Gasteiger partial charge in [-0.3, -0.25) is 0 Å². The Morgan fingerprint density at radius 2 is 2.18 bits per heavy atom. The van der Waals surface area contributed by atoms with Crippen molar-refractivity contribution in [1.29, 1.82) is 0 Å². The van der Waals surface area contributed by atoms with Crippen LogP contribution in [0.3, 0.4) is 0 Å².